The van der Waals surface area contributed by atoms with E-state index in [0.717, 1.165) is 32.1 Å². The summed E-state index contributed by atoms with van der Waals surface area (Å²) >= 11 is 0. The number of phosphoric ester groups is 1. The van der Waals surface area contributed by atoms with Crippen molar-refractivity contribution < 1.29 is 42.7 Å². The van der Waals surface area contributed by atoms with Crippen molar-refractivity contribution in [3.05, 3.63) is 12.3 Å². The molecule has 47 heavy (non-hydrogen) atoms. The van der Waals surface area contributed by atoms with Crippen LogP contribution in [0.1, 0.15) is 174 Å². The summed E-state index contributed by atoms with van der Waals surface area (Å²) in [5, 5.41) is 8.84. The van der Waals surface area contributed by atoms with Gasteiger partial charge in [0.2, 0.25) is 0 Å². The van der Waals surface area contributed by atoms with E-state index in [9.17, 15) is 19.0 Å². The zero-order valence-electron chi connectivity index (χ0n) is 29.9. The lowest BCUT2D eigenvalue weighted by Gasteiger charge is -2.20. The average molecular weight is 692 g/mol. The molecule has 11 heteroatoms. The van der Waals surface area contributed by atoms with Crippen molar-refractivity contribution >= 4 is 19.8 Å². The van der Waals surface area contributed by atoms with Crippen LogP contribution in [0.25, 0.3) is 0 Å². The van der Waals surface area contributed by atoms with E-state index < -0.39 is 45.1 Å². The zero-order valence-corrected chi connectivity index (χ0v) is 30.8. The van der Waals surface area contributed by atoms with E-state index in [4.69, 9.17) is 24.8 Å². The molecule has 0 heterocycles. The van der Waals surface area contributed by atoms with Crippen LogP contribution < -0.4 is 5.73 Å². The number of hydrogen-bond acceptors (Lipinski definition) is 8. The highest BCUT2D eigenvalue weighted by molar-refractivity contribution is 7.47. The van der Waals surface area contributed by atoms with Gasteiger partial charge in [-0.3, -0.25) is 18.6 Å². The molecule has 0 aliphatic carbocycles. The number of carbonyl (C=O) groups excluding carboxylic acids is 1. The SMILES string of the molecule is CCCCCCCCCCCCCCCC/C=C\OC[C@H](COP(=O)(O)OC[C@H](N)C(=O)O)OC(=O)CCCCCCCCCCC. The number of carbonyl (C=O) groups is 2. The molecule has 0 aromatic heterocycles. The molecule has 0 saturated carbocycles. The molecule has 1 unspecified atom stereocenters. The normalized spacial score (nSPS) is 14.2. The Labute approximate surface area is 286 Å². The summed E-state index contributed by atoms with van der Waals surface area (Å²) in [6.07, 6.45) is 32.2. The first-order valence-corrected chi connectivity index (χ1v) is 20.3. The van der Waals surface area contributed by atoms with Gasteiger partial charge in [-0.2, -0.15) is 0 Å². The Bertz CT molecular complexity index is 811. The maximum atomic E-state index is 12.5. The van der Waals surface area contributed by atoms with Crippen LogP contribution in [0.5, 0.6) is 0 Å². The number of nitrogens with two attached hydrogens (primary N) is 1. The van der Waals surface area contributed by atoms with Crippen LogP contribution in [-0.4, -0.2) is 53.9 Å². The molecular weight excluding hydrogens is 621 g/mol. The van der Waals surface area contributed by atoms with E-state index in [0.29, 0.717) is 6.42 Å². The van der Waals surface area contributed by atoms with Gasteiger partial charge in [-0.05, 0) is 25.3 Å². The van der Waals surface area contributed by atoms with Gasteiger partial charge in [-0.1, -0.05) is 149 Å². The Hall–Kier alpha value is -1.45. The molecule has 0 aliphatic rings. The summed E-state index contributed by atoms with van der Waals surface area (Å²) in [5.74, 6) is -1.80. The standard InChI is InChI=1S/C36H70NO9P/c1-3-5-7-9-11-13-14-15-16-17-18-19-21-23-25-27-29-43-30-33(31-44-47(41,42)45-32-34(37)36(39)40)46-35(38)28-26-24-22-20-12-10-8-6-4-2/h27,29,33-34H,3-26,28,30-32,37H2,1-2H3,(H,39,40)(H,41,42)/b29-27-/t33-,34+/m1/s1. The summed E-state index contributed by atoms with van der Waals surface area (Å²) in [7, 11) is -4.61. The van der Waals surface area contributed by atoms with E-state index >= 15 is 0 Å². The summed E-state index contributed by atoms with van der Waals surface area (Å²) in [4.78, 5) is 33.2. The summed E-state index contributed by atoms with van der Waals surface area (Å²) in [6, 6.07) is -1.47. The minimum Gasteiger partial charge on any atom is -0.498 e. The monoisotopic (exact) mass is 691 g/mol. The lowest BCUT2D eigenvalue weighted by Crippen LogP contribution is -2.34. The van der Waals surface area contributed by atoms with Crippen LogP contribution >= 0.6 is 7.82 Å². The summed E-state index contributed by atoms with van der Waals surface area (Å²) in [6.45, 7) is 3.24. The average Bonchev–Trinajstić information content (AvgIpc) is 3.04. The summed E-state index contributed by atoms with van der Waals surface area (Å²) < 4.78 is 32.9. The van der Waals surface area contributed by atoms with Crippen LogP contribution in [0, 0.1) is 0 Å². The van der Waals surface area contributed by atoms with Gasteiger partial charge in [0.15, 0.2) is 6.10 Å². The molecule has 10 nitrogen and oxygen atoms in total. The van der Waals surface area contributed by atoms with E-state index in [1.165, 1.54) is 116 Å². The second-order valence-corrected chi connectivity index (χ2v) is 14.2. The molecule has 0 fully saturated rings. The van der Waals surface area contributed by atoms with E-state index in [1.54, 1.807) is 6.26 Å². The lowest BCUT2D eigenvalue weighted by molar-refractivity contribution is -0.153. The Kier molecular flexibility index (Phi) is 32.0. The Morgan fingerprint density at radius 2 is 1.09 bits per heavy atom. The number of carboxylic acid groups (broad SMARTS) is 1. The number of rotatable bonds is 36. The molecule has 278 valence electrons. The second-order valence-electron chi connectivity index (χ2n) is 12.8. The van der Waals surface area contributed by atoms with Crippen molar-refractivity contribution in [3.8, 4) is 0 Å². The number of ether oxygens (including phenoxy) is 2. The van der Waals surface area contributed by atoms with E-state index in [-0.39, 0.29) is 13.0 Å². The van der Waals surface area contributed by atoms with E-state index in [1.807, 2.05) is 6.08 Å². The quantitative estimate of drug-likeness (QED) is 0.0250. The Balaban J connectivity index is 4.30. The van der Waals surface area contributed by atoms with E-state index in [2.05, 4.69) is 18.4 Å². The zero-order chi connectivity index (χ0) is 34.9. The minimum atomic E-state index is -4.61. The highest BCUT2D eigenvalue weighted by Crippen LogP contribution is 2.43. The first-order chi connectivity index (χ1) is 22.7. The fraction of sp³-hybridized carbons (Fsp3) is 0.889. The number of carboxylic acids is 1. The van der Waals surface area contributed by atoms with Crippen LogP contribution in [0.15, 0.2) is 12.3 Å². The van der Waals surface area contributed by atoms with Gasteiger partial charge in [0.25, 0.3) is 0 Å². The fourth-order valence-corrected chi connectivity index (χ4v) is 5.94. The van der Waals surface area contributed by atoms with Gasteiger partial charge in [-0.25, -0.2) is 4.57 Å². The largest absolute Gasteiger partial charge is 0.498 e. The van der Waals surface area contributed by atoms with Crippen molar-refractivity contribution in [2.45, 2.75) is 187 Å². The molecule has 0 spiro atoms. The molecule has 0 bridgehead atoms. The number of hydrogen-bond donors (Lipinski definition) is 3. The van der Waals surface area contributed by atoms with Gasteiger partial charge in [0.05, 0.1) is 19.5 Å². The predicted molar refractivity (Wildman–Crippen MR) is 189 cm³/mol. The Morgan fingerprint density at radius 1 is 0.660 bits per heavy atom. The molecule has 0 aromatic rings. The number of phosphoric acid groups is 1. The molecule has 0 amide bonds. The molecule has 0 aliphatic heterocycles. The van der Waals surface area contributed by atoms with Gasteiger partial charge in [-0.15, -0.1) is 0 Å². The van der Waals surface area contributed by atoms with Crippen molar-refractivity contribution in [2.24, 2.45) is 5.73 Å². The van der Waals surface area contributed by atoms with Crippen molar-refractivity contribution in [2.75, 3.05) is 19.8 Å². The molecule has 0 rings (SSSR count). The lowest BCUT2D eigenvalue weighted by atomic mass is 10.0. The number of aliphatic carboxylic acids is 1. The smallest absolute Gasteiger partial charge is 0.472 e. The van der Waals surface area contributed by atoms with Crippen LogP contribution in [0.4, 0.5) is 0 Å². The second kappa shape index (κ2) is 33.1. The first kappa shape index (κ1) is 45.6. The van der Waals surface area contributed by atoms with Gasteiger partial charge in [0, 0.05) is 6.42 Å². The molecule has 4 N–H and O–H groups in total. The highest BCUT2D eigenvalue weighted by atomic mass is 31.2. The summed E-state index contributed by atoms with van der Waals surface area (Å²) in [5.41, 5.74) is 5.32. The maximum absolute atomic E-state index is 12.5. The van der Waals surface area contributed by atoms with Crippen molar-refractivity contribution in [1.82, 2.24) is 0 Å². The molecule has 0 aromatic carbocycles. The van der Waals surface area contributed by atoms with Gasteiger partial charge in [0.1, 0.15) is 12.6 Å². The molecule has 0 saturated heterocycles. The van der Waals surface area contributed by atoms with Crippen molar-refractivity contribution in [3.63, 3.8) is 0 Å². The van der Waals surface area contributed by atoms with Crippen molar-refractivity contribution in [1.29, 1.82) is 0 Å². The number of esters is 1. The Morgan fingerprint density at radius 3 is 1.55 bits per heavy atom. The van der Waals surface area contributed by atoms with Gasteiger partial charge < -0.3 is 25.2 Å². The van der Waals surface area contributed by atoms with Crippen LogP contribution in [0.2, 0.25) is 0 Å². The molecule has 3 atom stereocenters. The number of unbranched alkanes of at least 4 members (excludes halogenated alkanes) is 22. The third-order valence-electron chi connectivity index (χ3n) is 8.14. The number of allylic oxidation sites excluding steroid dienone is 1. The van der Waals surface area contributed by atoms with Gasteiger partial charge >= 0.3 is 19.8 Å². The fourth-order valence-electron chi connectivity index (χ4n) is 5.16. The maximum Gasteiger partial charge on any atom is 0.472 e. The molecular formula is C36H70NO9P. The van der Waals surface area contributed by atoms with Crippen LogP contribution in [-0.2, 0) is 32.7 Å². The molecule has 0 radical (unpaired) electrons. The van der Waals surface area contributed by atoms with Crippen LogP contribution in [0.3, 0.4) is 0 Å². The topological polar surface area (TPSA) is 155 Å². The minimum absolute atomic E-state index is 0.0621. The third-order valence-corrected chi connectivity index (χ3v) is 9.09. The first-order valence-electron chi connectivity index (χ1n) is 18.8. The highest BCUT2D eigenvalue weighted by Gasteiger charge is 2.27. The predicted octanol–water partition coefficient (Wildman–Crippen LogP) is 9.77. The third kappa shape index (κ3) is 32.9.